The van der Waals surface area contributed by atoms with Crippen molar-refractivity contribution in [3.05, 3.63) is 0 Å². The Morgan fingerprint density at radius 3 is 2.52 bits per heavy atom. The number of hydrogen-bond acceptors (Lipinski definition) is 7. The van der Waals surface area contributed by atoms with Gasteiger partial charge in [0.05, 0.1) is 5.41 Å². The monoisotopic (exact) mass is 356 g/mol. The van der Waals surface area contributed by atoms with Crippen molar-refractivity contribution in [3.8, 4) is 0 Å². The number of hydrogen-bond donors (Lipinski definition) is 0. The van der Waals surface area contributed by atoms with Crippen LogP contribution in [0, 0.1) is 5.41 Å². The Morgan fingerprint density at radius 2 is 1.96 bits per heavy atom. The van der Waals surface area contributed by atoms with Crippen LogP contribution in [0.3, 0.4) is 0 Å². The molecular formula is C17H28N2O6. The summed E-state index contributed by atoms with van der Waals surface area (Å²) in [4.78, 5) is 30.1. The molecule has 0 aliphatic carbocycles. The Bertz CT molecular complexity index is 532. The van der Waals surface area contributed by atoms with E-state index in [0.717, 1.165) is 0 Å². The van der Waals surface area contributed by atoms with Gasteiger partial charge >= 0.3 is 12.1 Å². The van der Waals surface area contributed by atoms with Gasteiger partial charge in [0.2, 0.25) is 5.90 Å². The summed E-state index contributed by atoms with van der Waals surface area (Å²) in [5.41, 5.74) is -0.834. The fraction of sp³-hybridized carbons (Fsp3) is 0.824. The molecule has 0 aromatic carbocycles. The van der Waals surface area contributed by atoms with Crippen LogP contribution in [0.15, 0.2) is 5.16 Å². The van der Waals surface area contributed by atoms with E-state index >= 15 is 0 Å². The third-order valence-electron chi connectivity index (χ3n) is 4.19. The van der Waals surface area contributed by atoms with Crippen LogP contribution in [0.2, 0.25) is 0 Å². The fourth-order valence-corrected chi connectivity index (χ4v) is 2.66. The molecule has 0 spiro atoms. The normalized spacial score (nSPS) is 23.0. The Hall–Kier alpha value is -1.99. The number of esters is 1. The van der Waals surface area contributed by atoms with Crippen molar-refractivity contribution in [2.24, 2.45) is 10.6 Å². The lowest BCUT2D eigenvalue weighted by molar-refractivity contribution is -0.145. The number of likely N-dealkylation sites (tertiary alicyclic amines) is 1. The molecule has 0 aromatic heterocycles. The second-order valence-electron chi connectivity index (χ2n) is 7.76. The molecule has 0 aromatic rings. The van der Waals surface area contributed by atoms with Gasteiger partial charge < -0.3 is 23.9 Å². The highest BCUT2D eigenvalue weighted by molar-refractivity contribution is 5.83. The van der Waals surface area contributed by atoms with E-state index in [1.54, 1.807) is 4.90 Å². The summed E-state index contributed by atoms with van der Waals surface area (Å²) >= 11 is 0. The van der Waals surface area contributed by atoms with Gasteiger partial charge in [0.25, 0.3) is 0 Å². The van der Waals surface area contributed by atoms with Gasteiger partial charge in [-0.05, 0) is 33.6 Å². The summed E-state index contributed by atoms with van der Waals surface area (Å²) in [5.74, 6) is 0.143. The van der Waals surface area contributed by atoms with Gasteiger partial charge in [0.15, 0.2) is 12.7 Å². The van der Waals surface area contributed by atoms with Gasteiger partial charge in [-0.15, -0.1) is 0 Å². The van der Waals surface area contributed by atoms with Gasteiger partial charge in [-0.1, -0.05) is 12.1 Å². The molecule has 0 N–H and O–H groups in total. The largest absolute Gasteiger partial charge is 0.468 e. The number of nitrogens with zero attached hydrogens (tertiary/aromatic N) is 2. The number of carbonyl (C=O) groups is 2. The highest BCUT2D eigenvalue weighted by Crippen LogP contribution is 2.35. The Labute approximate surface area is 148 Å². The summed E-state index contributed by atoms with van der Waals surface area (Å²) in [7, 11) is 0. The van der Waals surface area contributed by atoms with Crippen molar-refractivity contribution in [3.63, 3.8) is 0 Å². The molecule has 1 amide bonds. The van der Waals surface area contributed by atoms with E-state index in [0.29, 0.717) is 31.8 Å². The maximum absolute atomic E-state index is 12.2. The van der Waals surface area contributed by atoms with E-state index in [1.165, 1.54) is 6.92 Å². The molecule has 0 saturated carbocycles. The topological polar surface area (TPSA) is 86.7 Å². The molecule has 2 heterocycles. The second kappa shape index (κ2) is 7.49. The molecule has 25 heavy (non-hydrogen) atoms. The van der Waals surface area contributed by atoms with Crippen LogP contribution < -0.4 is 0 Å². The zero-order chi connectivity index (χ0) is 18.7. The molecule has 8 heteroatoms. The van der Waals surface area contributed by atoms with Crippen LogP contribution >= 0.6 is 0 Å². The highest BCUT2D eigenvalue weighted by Gasteiger charge is 2.41. The lowest BCUT2D eigenvalue weighted by Crippen LogP contribution is -2.49. The summed E-state index contributed by atoms with van der Waals surface area (Å²) in [6.07, 6.45) is 0.714. The van der Waals surface area contributed by atoms with Crippen molar-refractivity contribution in [1.29, 1.82) is 0 Å². The van der Waals surface area contributed by atoms with Gasteiger partial charge in [0, 0.05) is 20.0 Å². The minimum atomic E-state index is -0.508. The smallest absolute Gasteiger partial charge is 0.410 e. The number of oxime groups is 1. The molecule has 0 radical (unpaired) electrons. The second-order valence-corrected chi connectivity index (χ2v) is 7.76. The van der Waals surface area contributed by atoms with Gasteiger partial charge in [-0.25, -0.2) is 4.79 Å². The summed E-state index contributed by atoms with van der Waals surface area (Å²) in [6.45, 7) is 10.4. The number of rotatable bonds is 3. The lowest BCUT2D eigenvalue weighted by Gasteiger charge is -2.40. The highest BCUT2D eigenvalue weighted by atomic mass is 16.7. The first-order valence-corrected chi connectivity index (χ1v) is 8.57. The molecule has 142 valence electrons. The van der Waals surface area contributed by atoms with E-state index in [2.05, 4.69) is 5.16 Å². The van der Waals surface area contributed by atoms with Crippen LogP contribution in [-0.4, -0.2) is 60.9 Å². The van der Waals surface area contributed by atoms with E-state index in [-0.39, 0.29) is 36.8 Å². The summed E-state index contributed by atoms with van der Waals surface area (Å²) in [6, 6.07) is 0. The molecule has 8 nitrogen and oxygen atoms in total. The van der Waals surface area contributed by atoms with Crippen molar-refractivity contribution < 1.29 is 28.6 Å². The third kappa shape index (κ3) is 5.51. The molecule has 0 bridgehead atoms. The zero-order valence-corrected chi connectivity index (χ0v) is 15.7. The van der Waals surface area contributed by atoms with Crippen LogP contribution in [0.25, 0.3) is 0 Å². The van der Waals surface area contributed by atoms with Crippen LogP contribution in [0.5, 0.6) is 0 Å². The number of ether oxygens (including phenoxy) is 3. The molecule has 2 rings (SSSR count). The molecule has 1 fully saturated rings. The Kier molecular flexibility index (Phi) is 5.80. The number of piperidine rings is 1. The zero-order valence-electron chi connectivity index (χ0n) is 15.7. The summed E-state index contributed by atoms with van der Waals surface area (Å²) in [5, 5.41) is 4.05. The van der Waals surface area contributed by atoms with Crippen molar-refractivity contribution in [2.45, 2.75) is 59.2 Å². The van der Waals surface area contributed by atoms with Crippen LogP contribution in [-0.2, 0) is 23.8 Å². The van der Waals surface area contributed by atoms with Crippen molar-refractivity contribution in [2.75, 3.05) is 26.3 Å². The average Bonchev–Trinajstić information content (AvgIpc) is 2.52. The van der Waals surface area contributed by atoms with E-state index in [1.807, 2.05) is 27.7 Å². The Balaban J connectivity index is 1.90. The van der Waals surface area contributed by atoms with Gasteiger partial charge in [-0.3, -0.25) is 4.79 Å². The standard InChI is InChI=1S/C17H28N2O6/c1-12(20)22-10-13-11-23-18-14(24-13)17(5)6-8-19(9-7-17)15(21)25-16(2,3)4/h13H,6-11H2,1-5H3/t13-/m1/s1. The molecular weight excluding hydrogens is 328 g/mol. The molecule has 2 aliphatic rings. The minimum Gasteiger partial charge on any atom is -0.468 e. The maximum Gasteiger partial charge on any atom is 0.410 e. The third-order valence-corrected chi connectivity index (χ3v) is 4.19. The number of amides is 1. The minimum absolute atomic E-state index is 0.133. The molecule has 1 atom stereocenters. The molecule has 0 unspecified atom stereocenters. The fourth-order valence-electron chi connectivity index (χ4n) is 2.66. The summed E-state index contributed by atoms with van der Waals surface area (Å²) < 4.78 is 16.3. The molecule has 1 saturated heterocycles. The van der Waals surface area contributed by atoms with Crippen LogP contribution in [0.1, 0.15) is 47.5 Å². The predicted molar refractivity (Wildman–Crippen MR) is 90.0 cm³/mol. The van der Waals surface area contributed by atoms with Crippen molar-refractivity contribution in [1.82, 2.24) is 4.90 Å². The van der Waals surface area contributed by atoms with Crippen LogP contribution in [0.4, 0.5) is 4.79 Å². The number of carbonyl (C=O) groups excluding carboxylic acids is 2. The van der Waals surface area contributed by atoms with E-state index in [9.17, 15) is 9.59 Å². The first-order chi connectivity index (χ1) is 11.6. The average molecular weight is 356 g/mol. The van der Waals surface area contributed by atoms with Gasteiger partial charge in [-0.2, -0.15) is 0 Å². The SMILES string of the molecule is CC(=O)OC[C@@H]1CON=C(C2(C)CCN(C(=O)OC(C)(C)C)CC2)O1. The molecule has 2 aliphatic heterocycles. The maximum atomic E-state index is 12.2. The van der Waals surface area contributed by atoms with E-state index < -0.39 is 5.60 Å². The Morgan fingerprint density at radius 1 is 1.32 bits per heavy atom. The van der Waals surface area contributed by atoms with Crippen molar-refractivity contribution >= 4 is 18.0 Å². The lowest BCUT2D eigenvalue weighted by atomic mass is 9.80. The van der Waals surface area contributed by atoms with E-state index in [4.69, 9.17) is 19.0 Å². The van der Waals surface area contributed by atoms with Gasteiger partial charge in [0.1, 0.15) is 12.2 Å². The first-order valence-electron chi connectivity index (χ1n) is 8.57. The quantitative estimate of drug-likeness (QED) is 0.721. The first kappa shape index (κ1) is 19.3. The predicted octanol–water partition coefficient (Wildman–Crippen LogP) is 2.32.